The molecular weight excluding hydrogens is 368 g/mol. The lowest BCUT2D eigenvalue weighted by Gasteiger charge is -2.05. The number of benzene rings is 2. The number of carbonyl (C=O) groups is 1. The van der Waals surface area contributed by atoms with E-state index >= 15 is 0 Å². The number of carbonyl (C=O) groups excluding carboxylic acids is 1. The maximum absolute atomic E-state index is 12.2. The van der Waals surface area contributed by atoms with Crippen LogP contribution in [0.2, 0.25) is 0 Å². The molecule has 3 aromatic rings. The van der Waals surface area contributed by atoms with Gasteiger partial charge in [0.05, 0.1) is 20.0 Å². The van der Waals surface area contributed by atoms with Crippen LogP contribution in [-0.4, -0.2) is 36.0 Å². The van der Waals surface area contributed by atoms with E-state index in [1.165, 1.54) is 11.8 Å². The summed E-state index contributed by atoms with van der Waals surface area (Å²) in [4.78, 5) is 12.2. The molecule has 2 aromatic carbocycles. The van der Waals surface area contributed by atoms with Crippen LogP contribution < -0.4 is 14.2 Å². The van der Waals surface area contributed by atoms with Crippen LogP contribution in [0.15, 0.2) is 58.2 Å². The summed E-state index contributed by atoms with van der Waals surface area (Å²) in [5.41, 5.74) is 0.601. The van der Waals surface area contributed by atoms with Gasteiger partial charge in [-0.05, 0) is 36.4 Å². The summed E-state index contributed by atoms with van der Waals surface area (Å²) in [6.45, 7) is 0.132. The van der Waals surface area contributed by atoms with Crippen molar-refractivity contribution >= 4 is 17.5 Å². The first kappa shape index (κ1) is 18.8. The van der Waals surface area contributed by atoms with Crippen molar-refractivity contribution in [1.29, 1.82) is 0 Å². The van der Waals surface area contributed by atoms with Crippen LogP contribution in [0, 0.1) is 0 Å². The first-order chi connectivity index (χ1) is 13.2. The predicted molar refractivity (Wildman–Crippen MR) is 99.7 cm³/mol. The monoisotopic (exact) mass is 386 g/mol. The molecule has 7 nitrogen and oxygen atoms in total. The Hall–Kier alpha value is -3.00. The number of hydrogen-bond donors (Lipinski definition) is 0. The average molecular weight is 386 g/mol. The number of thioether (sulfide) groups is 1. The molecular formula is C19H18N2O5S. The van der Waals surface area contributed by atoms with Crippen LogP contribution in [0.4, 0.5) is 0 Å². The van der Waals surface area contributed by atoms with Crippen LogP contribution in [0.3, 0.4) is 0 Å². The van der Waals surface area contributed by atoms with Gasteiger partial charge >= 0.3 is 0 Å². The number of nitrogens with zero attached hydrogens (tertiary/aromatic N) is 2. The molecule has 0 saturated heterocycles. The number of hydrogen-bond acceptors (Lipinski definition) is 8. The second-order valence-electron chi connectivity index (χ2n) is 5.37. The van der Waals surface area contributed by atoms with Crippen LogP contribution in [0.1, 0.15) is 16.2 Å². The van der Waals surface area contributed by atoms with E-state index in [9.17, 15) is 4.79 Å². The van der Waals surface area contributed by atoms with Crippen molar-refractivity contribution in [3.05, 3.63) is 60.0 Å². The number of ether oxygens (including phenoxy) is 3. The van der Waals surface area contributed by atoms with E-state index < -0.39 is 0 Å². The first-order valence-electron chi connectivity index (χ1n) is 8.07. The average Bonchev–Trinajstić information content (AvgIpc) is 3.18. The lowest BCUT2D eigenvalue weighted by Crippen LogP contribution is -2.02. The molecule has 0 N–H and O–H groups in total. The largest absolute Gasteiger partial charge is 0.497 e. The highest BCUT2D eigenvalue weighted by Crippen LogP contribution is 2.22. The smallest absolute Gasteiger partial charge is 0.277 e. The van der Waals surface area contributed by atoms with Gasteiger partial charge in [0, 0.05) is 11.6 Å². The fourth-order valence-electron chi connectivity index (χ4n) is 2.18. The third-order valence-electron chi connectivity index (χ3n) is 3.59. The molecule has 140 valence electrons. The first-order valence-corrected chi connectivity index (χ1v) is 9.06. The minimum atomic E-state index is -0.0324. The fourth-order valence-corrected chi connectivity index (χ4v) is 2.85. The van der Waals surface area contributed by atoms with Crippen molar-refractivity contribution < 1.29 is 23.4 Å². The summed E-state index contributed by atoms with van der Waals surface area (Å²) in [5.74, 6) is 2.54. The summed E-state index contributed by atoms with van der Waals surface area (Å²) >= 11 is 1.19. The molecule has 0 radical (unpaired) electrons. The van der Waals surface area contributed by atoms with E-state index in [2.05, 4.69) is 10.2 Å². The molecule has 0 aliphatic heterocycles. The maximum Gasteiger partial charge on any atom is 0.277 e. The number of aromatic nitrogens is 2. The van der Waals surface area contributed by atoms with Gasteiger partial charge in [0.25, 0.3) is 11.1 Å². The summed E-state index contributed by atoms with van der Waals surface area (Å²) in [6.07, 6.45) is 0. The van der Waals surface area contributed by atoms with Crippen LogP contribution in [0.5, 0.6) is 17.2 Å². The highest BCUT2D eigenvalue weighted by Gasteiger charge is 2.12. The van der Waals surface area contributed by atoms with Crippen molar-refractivity contribution in [3.63, 3.8) is 0 Å². The normalized spacial score (nSPS) is 10.4. The van der Waals surface area contributed by atoms with Gasteiger partial charge in [-0.1, -0.05) is 17.8 Å². The van der Waals surface area contributed by atoms with Gasteiger partial charge in [-0.2, -0.15) is 0 Å². The van der Waals surface area contributed by atoms with E-state index in [-0.39, 0.29) is 18.1 Å². The minimum Gasteiger partial charge on any atom is -0.497 e. The van der Waals surface area contributed by atoms with E-state index in [0.29, 0.717) is 33.9 Å². The Balaban J connectivity index is 1.50. The van der Waals surface area contributed by atoms with Crippen LogP contribution in [0.25, 0.3) is 0 Å². The Morgan fingerprint density at radius 2 is 1.74 bits per heavy atom. The SMILES string of the molecule is COc1ccc(C(=O)CSc2nnc(COc3cccc(OC)c3)o2)cc1. The predicted octanol–water partition coefficient (Wildman–Crippen LogP) is 3.64. The molecule has 0 spiro atoms. The zero-order valence-corrected chi connectivity index (χ0v) is 15.7. The van der Waals surface area contributed by atoms with E-state index in [4.69, 9.17) is 18.6 Å². The third kappa shape index (κ3) is 5.24. The molecule has 3 rings (SSSR count). The van der Waals surface area contributed by atoms with Gasteiger partial charge in [0.15, 0.2) is 12.4 Å². The Morgan fingerprint density at radius 1 is 1.00 bits per heavy atom. The summed E-state index contributed by atoms with van der Waals surface area (Å²) in [5, 5.41) is 8.17. The molecule has 1 aromatic heterocycles. The highest BCUT2D eigenvalue weighted by atomic mass is 32.2. The standard InChI is InChI=1S/C19H18N2O5S/c1-23-14-8-6-13(7-9-14)17(22)12-27-19-21-20-18(26-19)11-25-16-5-3-4-15(10-16)24-2/h3-10H,11-12H2,1-2H3. The van der Waals surface area contributed by atoms with E-state index in [0.717, 1.165) is 0 Å². The van der Waals surface area contributed by atoms with Crippen LogP contribution in [-0.2, 0) is 6.61 Å². The lowest BCUT2D eigenvalue weighted by atomic mass is 10.1. The summed E-state index contributed by atoms with van der Waals surface area (Å²) in [6, 6.07) is 14.2. The second-order valence-corrected chi connectivity index (χ2v) is 6.30. The summed E-state index contributed by atoms with van der Waals surface area (Å²) < 4.78 is 21.3. The van der Waals surface area contributed by atoms with Gasteiger partial charge < -0.3 is 18.6 Å². The molecule has 0 fully saturated rings. The number of methoxy groups -OCH3 is 2. The zero-order chi connectivity index (χ0) is 19.1. The molecule has 27 heavy (non-hydrogen) atoms. The quantitative estimate of drug-likeness (QED) is 0.407. The van der Waals surface area contributed by atoms with Crippen molar-refractivity contribution in [3.8, 4) is 17.2 Å². The van der Waals surface area contributed by atoms with Crippen molar-refractivity contribution in [1.82, 2.24) is 10.2 Å². The Labute approximate surface area is 160 Å². The Bertz CT molecular complexity index is 895. The minimum absolute atomic E-state index is 0.0324. The number of Topliss-reactive ketones (excluding diaryl/α,β-unsaturated/α-hetero) is 1. The number of ketones is 1. The molecule has 0 saturated carbocycles. The van der Waals surface area contributed by atoms with Crippen molar-refractivity contribution in [2.75, 3.05) is 20.0 Å². The third-order valence-corrected chi connectivity index (χ3v) is 4.41. The fraction of sp³-hybridized carbons (Fsp3) is 0.211. The van der Waals surface area contributed by atoms with Gasteiger partial charge in [-0.15, -0.1) is 10.2 Å². The maximum atomic E-state index is 12.2. The Kier molecular flexibility index (Phi) is 6.32. The molecule has 0 aliphatic carbocycles. The lowest BCUT2D eigenvalue weighted by molar-refractivity contribution is 0.102. The molecule has 8 heteroatoms. The van der Waals surface area contributed by atoms with E-state index in [1.54, 1.807) is 44.6 Å². The highest BCUT2D eigenvalue weighted by molar-refractivity contribution is 7.99. The van der Waals surface area contributed by atoms with Crippen molar-refractivity contribution in [2.45, 2.75) is 11.8 Å². The molecule has 1 heterocycles. The van der Waals surface area contributed by atoms with Crippen molar-refractivity contribution in [2.24, 2.45) is 0 Å². The number of rotatable bonds is 9. The van der Waals surface area contributed by atoms with Gasteiger partial charge in [-0.3, -0.25) is 4.79 Å². The Morgan fingerprint density at radius 3 is 2.48 bits per heavy atom. The van der Waals surface area contributed by atoms with Gasteiger partial charge in [0.1, 0.15) is 17.2 Å². The second kappa shape index (κ2) is 9.09. The summed E-state index contributed by atoms with van der Waals surface area (Å²) in [7, 11) is 3.17. The van der Waals surface area contributed by atoms with Gasteiger partial charge in [0.2, 0.25) is 0 Å². The molecule has 0 amide bonds. The van der Waals surface area contributed by atoms with Gasteiger partial charge in [-0.25, -0.2) is 0 Å². The molecule has 0 unspecified atom stereocenters. The molecule has 0 atom stereocenters. The molecule has 0 bridgehead atoms. The topological polar surface area (TPSA) is 83.7 Å². The molecule has 0 aliphatic rings. The zero-order valence-electron chi connectivity index (χ0n) is 14.9. The van der Waals surface area contributed by atoms with Crippen LogP contribution >= 0.6 is 11.8 Å². The van der Waals surface area contributed by atoms with E-state index in [1.807, 2.05) is 18.2 Å².